The van der Waals surface area contributed by atoms with Crippen LogP contribution in [0.25, 0.3) is 4.96 Å². The summed E-state index contributed by atoms with van der Waals surface area (Å²) in [5.74, 6) is 0.116. The number of likely N-dealkylation sites (tertiary alicyclic amines) is 2. The third kappa shape index (κ3) is 4.05. The van der Waals surface area contributed by atoms with E-state index in [0.717, 1.165) is 56.1 Å². The molecule has 6 nitrogen and oxygen atoms in total. The predicted octanol–water partition coefficient (Wildman–Crippen LogP) is 4.99. The molecule has 5 rings (SSSR count). The summed E-state index contributed by atoms with van der Waals surface area (Å²) < 4.78 is 2.13. The number of hydrogen-bond acceptors (Lipinski definition) is 6. The molecule has 3 aromatic heterocycles. The number of piperidine rings is 1. The number of rotatable bonds is 4. The molecule has 2 aliphatic rings. The molecule has 1 atom stereocenters. The van der Waals surface area contributed by atoms with Gasteiger partial charge >= 0.3 is 0 Å². The Morgan fingerprint density at radius 3 is 2.60 bits per heavy atom. The van der Waals surface area contributed by atoms with Gasteiger partial charge in [-0.1, -0.05) is 25.7 Å². The van der Waals surface area contributed by atoms with Crippen LogP contribution < -0.4 is 0 Å². The number of carbonyl (C=O) groups excluding carboxylic acids is 1. The summed E-state index contributed by atoms with van der Waals surface area (Å²) in [7, 11) is 0. The molecular weight excluding hydrogens is 414 g/mol. The quantitative estimate of drug-likeness (QED) is 0.570. The smallest absolute Gasteiger partial charge is 0.274 e. The van der Waals surface area contributed by atoms with Crippen molar-refractivity contribution in [3.05, 3.63) is 39.5 Å². The summed E-state index contributed by atoms with van der Waals surface area (Å²) in [6.07, 6.45) is 13.5. The lowest BCUT2D eigenvalue weighted by Crippen LogP contribution is -2.36. The molecule has 0 N–H and O–H groups in total. The SMILES string of the molecule is O=C(c1nc2sccn2c1CN1CCCC[C@@H]1c1nccs1)N1CCCCCCC1. The third-order valence-corrected chi connectivity index (χ3v) is 8.04. The molecule has 1 amide bonds. The molecule has 30 heavy (non-hydrogen) atoms. The van der Waals surface area contributed by atoms with E-state index in [1.54, 1.807) is 22.7 Å². The van der Waals surface area contributed by atoms with Crippen LogP contribution in [0.5, 0.6) is 0 Å². The Morgan fingerprint density at radius 1 is 1.00 bits per heavy atom. The molecule has 2 aliphatic heterocycles. The fourth-order valence-electron chi connectivity index (χ4n) is 4.81. The van der Waals surface area contributed by atoms with Crippen LogP contribution >= 0.6 is 22.7 Å². The van der Waals surface area contributed by atoms with Crippen LogP contribution in [0.4, 0.5) is 0 Å². The Kier molecular flexibility index (Phi) is 6.15. The first-order valence-corrected chi connectivity index (χ1v) is 12.9. The van der Waals surface area contributed by atoms with Gasteiger partial charge in [0.15, 0.2) is 10.7 Å². The average Bonchev–Trinajstić information content (AvgIpc) is 3.47. The van der Waals surface area contributed by atoms with Crippen molar-refractivity contribution in [3.8, 4) is 0 Å². The van der Waals surface area contributed by atoms with Gasteiger partial charge in [0.1, 0.15) is 5.01 Å². The lowest BCUT2D eigenvalue weighted by atomic mass is 10.0. The number of thiazole rings is 2. The van der Waals surface area contributed by atoms with E-state index >= 15 is 0 Å². The molecule has 0 aliphatic carbocycles. The summed E-state index contributed by atoms with van der Waals surface area (Å²) in [6.45, 7) is 3.50. The van der Waals surface area contributed by atoms with E-state index in [-0.39, 0.29) is 5.91 Å². The van der Waals surface area contributed by atoms with Gasteiger partial charge in [-0.15, -0.1) is 22.7 Å². The zero-order chi connectivity index (χ0) is 20.3. The number of fused-ring (bicyclic) bond motifs is 1. The minimum Gasteiger partial charge on any atom is -0.337 e. The molecule has 3 aromatic rings. The largest absolute Gasteiger partial charge is 0.337 e. The second-order valence-corrected chi connectivity index (χ2v) is 10.2. The Bertz CT molecular complexity index is 971. The number of imidazole rings is 1. The van der Waals surface area contributed by atoms with E-state index in [0.29, 0.717) is 11.7 Å². The maximum absolute atomic E-state index is 13.5. The van der Waals surface area contributed by atoms with Gasteiger partial charge in [0.25, 0.3) is 5.91 Å². The second kappa shape index (κ2) is 9.16. The number of aromatic nitrogens is 3. The number of nitrogens with zero attached hydrogens (tertiary/aromatic N) is 5. The number of hydrogen-bond donors (Lipinski definition) is 0. The highest BCUT2D eigenvalue weighted by Crippen LogP contribution is 2.34. The van der Waals surface area contributed by atoms with E-state index in [9.17, 15) is 4.79 Å². The van der Waals surface area contributed by atoms with Gasteiger partial charge in [0.2, 0.25) is 0 Å². The molecule has 0 radical (unpaired) electrons. The number of carbonyl (C=O) groups is 1. The first kappa shape index (κ1) is 20.2. The van der Waals surface area contributed by atoms with Crippen molar-refractivity contribution in [3.63, 3.8) is 0 Å². The molecule has 5 heterocycles. The van der Waals surface area contributed by atoms with Crippen LogP contribution in [0.15, 0.2) is 23.2 Å². The van der Waals surface area contributed by atoms with Gasteiger partial charge in [-0.05, 0) is 32.2 Å². The topological polar surface area (TPSA) is 53.7 Å². The Morgan fingerprint density at radius 2 is 1.80 bits per heavy atom. The fraction of sp³-hybridized carbons (Fsp3) is 0.591. The van der Waals surface area contributed by atoms with Gasteiger partial charge in [-0.2, -0.15) is 0 Å². The van der Waals surface area contributed by atoms with Crippen LogP contribution in [-0.2, 0) is 6.54 Å². The molecule has 0 saturated carbocycles. The van der Waals surface area contributed by atoms with Crippen molar-refractivity contribution in [1.29, 1.82) is 0 Å². The van der Waals surface area contributed by atoms with Crippen LogP contribution in [-0.4, -0.2) is 49.7 Å². The fourth-order valence-corrected chi connectivity index (χ4v) is 6.35. The van der Waals surface area contributed by atoms with Crippen molar-refractivity contribution in [2.45, 2.75) is 64.0 Å². The van der Waals surface area contributed by atoms with Crippen LogP contribution in [0.1, 0.15) is 78.6 Å². The maximum atomic E-state index is 13.5. The third-order valence-electron chi connectivity index (χ3n) is 6.41. The zero-order valence-corrected chi connectivity index (χ0v) is 19.0. The summed E-state index contributed by atoms with van der Waals surface area (Å²) in [4.78, 5) is 28.4. The predicted molar refractivity (Wildman–Crippen MR) is 121 cm³/mol. The highest BCUT2D eigenvalue weighted by Gasteiger charge is 2.30. The average molecular weight is 444 g/mol. The van der Waals surface area contributed by atoms with E-state index < -0.39 is 0 Å². The van der Waals surface area contributed by atoms with Crippen molar-refractivity contribution in [2.24, 2.45) is 0 Å². The standard InChI is InChI=1S/C22H29N5OS2/c28-21(25-10-5-2-1-3-6-11-25)19-18(27-13-15-30-22(27)24-19)16-26-12-7-4-8-17(26)20-23-9-14-29-20/h9,13-15,17H,1-8,10-12,16H2/t17-/m1/s1. The normalized spacial score (nSPS) is 21.6. The summed E-state index contributed by atoms with van der Waals surface area (Å²) in [5, 5.41) is 5.32. The maximum Gasteiger partial charge on any atom is 0.274 e. The van der Waals surface area contributed by atoms with Crippen molar-refractivity contribution < 1.29 is 4.79 Å². The number of amides is 1. The summed E-state index contributed by atoms with van der Waals surface area (Å²) in [6, 6.07) is 0.340. The molecule has 0 spiro atoms. The Balaban J connectivity index is 1.44. The van der Waals surface area contributed by atoms with E-state index in [1.807, 2.05) is 11.1 Å². The van der Waals surface area contributed by atoms with Crippen LogP contribution in [0, 0.1) is 0 Å². The molecule has 160 valence electrons. The molecular formula is C22H29N5OS2. The molecule has 2 saturated heterocycles. The van der Waals surface area contributed by atoms with E-state index in [4.69, 9.17) is 4.98 Å². The van der Waals surface area contributed by atoms with Gasteiger partial charge in [-0.25, -0.2) is 9.97 Å². The highest BCUT2D eigenvalue weighted by molar-refractivity contribution is 7.15. The van der Waals surface area contributed by atoms with Gasteiger partial charge < -0.3 is 4.90 Å². The molecule has 8 heteroatoms. The summed E-state index contributed by atoms with van der Waals surface area (Å²) >= 11 is 3.35. The highest BCUT2D eigenvalue weighted by atomic mass is 32.1. The molecule has 0 bridgehead atoms. The summed E-state index contributed by atoms with van der Waals surface area (Å²) in [5.41, 5.74) is 1.70. The van der Waals surface area contributed by atoms with Crippen LogP contribution in [0.3, 0.4) is 0 Å². The second-order valence-electron chi connectivity index (χ2n) is 8.38. The first-order valence-electron chi connectivity index (χ1n) is 11.2. The molecule has 0 aromatic carbocycles. The van der Waals surface area contributed by atoms with Crippen molar-refractivity contribution in [2.75, 3.05) is 19.6 Å². The van der Waals surface area contributed by atoms with Gasteiger partial charge in [0, 0.05) is 42.8 Å². The van der Waals surface area contributed by atoms with E-state index in [2.05, 4.69) is 31.2 Å². The molecule has 2 fully saturated rings. The zero-order valence-electron chi connectivity index (χ0n) is 17.3. The monoisotopic (exact) mass is 443 g/mol. The van der Waals surface area contributed by atoms with Gasteiger partial charge in [0.05, 0.1) is 11.7 Å². The lowest BCUT2D eigenvalue weighted by molar-refractivity contribution is 0.0732. The molecule has 0 unspecified atom stereocenters. The minimum absolute atomic E-state index is 0.116. The van der Waals surface area contributed by atoms with Crippen LogP contribution in [0.2, 0.25) is 0 Å². The first-order chi connectivity index (χ1) is 14.8. The Hall–Kier alpha value is -1.77. The minimum atomic E-state index is 0.116. The lowest BCUT2D eigenvalue weighted by Gasteiger charge is -2.34. The van der Waals surface area contributed by atoms with Crippen molar-refractivity contribution in [1.82, 2.24) is 24.2 Å². The van der Waals surface area contributed by atoms with Crippen molar-refractivity contribution >= 4 is 33.5 Å². The van der Waals surface area contributed by atoms with E-state index in [1.165, 1.54) is 37.1 Å². The Labute approximate surface area is 185 Å². The van der Waals surface area contributed by atoms with Gasteiger partial charge in [-0.3, -0.25) is 14.1 Å².